The lowest BCUT2D eigenvalue weighted by atomic mass is 10.2. The first-order valence-corrected chi connectivity index (χ1v) is 5.88. The lowest BCUT2D eigenvalue weighted by Gasteiger charge is -2.28. The highest BCUT2D eigenvalue weighted by atomic mass is 16.3. The number of hydrogen-bond acceptors (Lipinski definition) is 3. The Morgan fingerprint density at radius 2 is 2.14 bits per heavy atom. The van der Waals surface area contributed by atoms with Crippen LogP contribution in [0.2, 0.25) is 0 Å². The Bertz CT molecular complexity index is 152. The van der Waals surface area contributed by atoms with Crippen molar-refractivity contribution in [3.05, 3.63) is 0 Å². The molecular formula is C11H24N2O. The van der Waals surface area contributed by atoms with Gasteiger partial charge in [-0.25, -0.2) is 0 Å². The molecule has 1 fully saturated rings. The van der Waals surface area contributed by atoms with Crippen molar-refractivity contribution in [1.82, 2.24) is 4.90 Å². The molecule has 0 spiro atoms. The molecule has 1 aliphatic rings. The number of hydrogen-bond donors (Lipinski definition) is 2. The second-order valence-electron chi connectivity index (χ2n) is 4.34. The standard InChI is InChI=1S/C11H24N2O/c1-2-3-6-13(7-8-14)11-5-4-10(12)9-11/h10-11,14H,2-9,12H2,1H3. The van der Waals surface area contributed by atoms with Crippen molar-refractivity contribution in [1.29, 1.82) is 0 Å². The van der Waals surface area contributed by atoms with Crippen molar-refractivity contribution in [2.45, 2.75) is 51.1 Å². The lowest BCUT2D eigenvalue weighted by Crippen LogP contribution is -2.37. The van der Waals surface area contributed by atoms with Gasteiger partial charge in [-0.15, -0.1) is 0 Å². The summed E-state index contributed by atoms with van der Waals surface area (Å²) < 4.78 is 0. The summed E-state index contributed by atoms with van der Waals surface area (Å²) in [5.41, 5.74) is 5.90. The Kier molecular flexibility index (Phi) is 5.45. The van der Waals surface area contributed by atoms with Crippen LogP contribution in [0.25, 0.3) is 0 Å². The van der Waals surface area contributed by atoms with E-state index in [2.05, 4.69) is 11.8 Å². The van der Waals surface area contributed by atoms with E-state index in [-0.39, 0.29) is 6.61 Å². The van der Waals surface area contributed by atoms with Gasteiger partial charge in [0.2, 0.25) is 0 Å². The fourth-order valence-electron chi connectivity index (χ4n) is 2.29. The number of aliphatic hydroxyl groups excluding tert-OH is 1. The summed E-state index contributed by atoms with van der Waals surface area (Å²) in [5, 5.41) is 8.99. The van der Waals surface area contributed by atoms with Gasteiger partial charge in [-0.3, -0.25) is 4.90 Å². The highest BCUT2D eigenvalue weighted by molar-refractivity contribution is 4.84. The van der Waals surface area contributed by atoms with Gasteiger partial charge in [0.15, 0.2) is 0 Å². The lowest BCUT2D eigenvalue weighted by molar-refractivity contribution is 0.149. The van der Waals surface area contributed by atoms with Crippen molar-refractivity contribution in [3.63, 3.8) is 0 Å². The predicted molar refractivity (Wildman–Crippen MR) is 59.2 cm³/mol. The van der Waals surface area contributed by atoms with E-state index in [1.165, 1.54) is 19.3 Å². The zero-order valence-corrected chi connectivity index (χ0v) is 9.28. The summed E-state index contributed by atoms with van der Waals surface area (Å²) in [4.78, 5) is 2.41. The molecule has 2 unspecified atom stereocenters. The molecule has 0 amide bonds. The van der Waals surface area contributed by atoms with Crippen LogP contribution in [0.15, 0.2) is 0 Å². The van der Waals surface area contributed by atoms with E-state index < -0.39 is 0 Å². The molecule has 2 atom stereocenters. The summed E-state index contributed by atoms with van der Waals surface area (Å²) in [7, 11) is 0. The Balaban J connectivity index is 2.33. The van der Waals surface area contributed by atoms with Crippen molar-refractivity contribution in [3.8, 4) is 0 Å². The molecule has 14 heavy (non-hydrogen) atoms. The van der Waals surface area contributed by atoms with E-state index in [0.29, 0.717) is 12.1 Å². The predicted octanol–water partition coefficient (Wildman–Crippen LogP) is 0.961. The van der Waals surface area contributed by atoms with Crippen LogP contribution in [-0.4, -0.2) is 41.8 Å². The molecule has 0 bridgehead atoms. The van der Waals surface area contributed by atoms with Gasteiger partial charge >= 0.3 is 0 Å². The van der Waals surface area contributed by atoms with Gasteiger partial charge in [0.05, 0.1) is 6.61 Å². The first kappa shape index (κ1) is 12.0. The van der Waals surface area contributed by atoms with Gasteiger partial charge in [-0.05, 0) is 32.2 Å². The summed E-state index contributed by atoms with van der Waals surface area (Å²) in [6.45, 7) is 4.42. The van der Waals surface area contributed by atoms with Gasteiger partial charge in [0.1, 0.15) is 0 Å². The molecule has 0 aromatic carbocycles. The molecule has 0 radical (unpaired) electrons. The third kappa shape index (κ3) is 3.56. The minimum Gasteiger partial charge on any atom is -0.395 e. The molecule has 0 aliphatic heterocycles. The van der Waals surface area contributed by atoms with Gasteiger partial charge in [-0.1, -0.05) is 13.3 Å². The Hall–Kier alpha value is -0.120. The largest absolute Gasteiger partial charge is 0.395 e. The topological polar surface area (TPSA) is 49.5 Å². The van der Waals surface area contributed by atoms with Gasteiger partial charge < -0.3 is 10.8 Å². The van der Waals surface area contributed by atoms with Gasteiger partial charge in [0.25, 0.3) is 0 Å². The van der Waals surface area contributed by atoms with E-state index in [1.807, 2.05) is 0 Å². The van der Waals surface area contributed by atoms with Crippen molar-refractivity contribution >= 4 is 0 Å². The van der Waals surface area contributed by atoms with Crippen molar-refractivity contribution < 1.29 is 5.11 Å². The zero-order valence-electron chi connectivity index (χ0n) is 9.28. The van der Waals surface area contributed by atoms with E-state index in [9.17, 15) is 0 Å². The van der Waals surface area contributed by atoms with Crippen LogP contribution in [-0.2, 0) is 0 Å². The molecule has 1 aliphatic carbocycles. The summed E-state index contributed by atoms with van der Waals surface area (Å²) in [6, 6.07) is 1.02. The van der Waals surface area contributed by atoms with Gasteiger partial charge in [-0.2, -0.15) is 0 Å². The number of nitrogens with two attached hydrogens (primary N) is 1. The second kappa shape index (κ2) is 6.38. The van der Waals surface area contributed by atoms with Crippen LogP contribution in [0.4, 0.5) is 0 Å². The van der Waals surface area contributed by atoms with Crippen LogP contribution in [0.5, 0.6) is 0 Å². The molecule has 0 saturated heterocycles. The average Bonchev–Trinajstić information content (AvgIpc) is 2.59. The van der Waals surface area contributed by atoms with Crippen molar-refractivity contribution in [2.24, 2.45) is 5.73 Å². The zero-order chi connectivity index (χ0) is 10.4. The van der Waals surface area contributed by atoms with E-state index in [0.717, 1.165) is 25.9 Å². The Labute approximate surface area is 87.3 Å². The maximum Gasteiger partial charge on any atom is 0.0558 e. The number of aliphatic hydroxyl groups is 1. The van der Waals surface area contributed by atoms with Crippen LogP contribution in [0.1, 0.15) is 39.0 Å². The SMILES string of the molecule is CCCCN(CCO)C1CCC(N)C1. The van der Waals surface area contributed by atoms with Crippen LogP contribution >= 0.6 is 0 Å². The summed E-state index contributed by atoms with van der Waals surface area (Å²) in [6.07, 6.45) is 5.93. The molecule has 3 heteroatoms. The number of rotatable bonds is 6. The second-order valence-corrected chi connectivity index (χ2v) is 4.34. The maximum atomic E-state index is 8.99. The number of nitrogens with zero attached hydrogens (tertiary/aromatic N) is 1. The fourth-order valence-corrected chi connectivity index (χ4v) is 2.29. The molecule has 0 aromatic rings. The molecule has 0 aromatic heterocycles. The fraction of sp³-hybridized carbons (Fsp3) is 1.00. The average molecular weight is 200 g/mol. The van der Waals surface area contributed by atoms with E-state index >= 15 is 0 Å². The molecule has 1 saturated carbocycles. The molecule has 3 N–H and O–H groups in total. The smallest absolute Gasteiger partial charge is 0.0558 e. The molecule has 3 nitrogen and oxygen atoms in total. The minimum absolute atomic E-state index is 0.273. The first-order valence-electron chi connectivity index (χ1n) is 5.88. The highest BCUT2D eigenvalue weighted by Gasteiger charge is 2.26. The maximum absolute atomic E-state index is 8.99. The summed E-state index contributed by atoms with van der Waals surface area (Å²) >= 11 is 0. The van der Waals surface area contributed by atoms with Crippen LogP contribution in [0.3, 0.4) is 0 Å². The van der Waals surface area contributed by atoms with Crippen LogP contribution < -0.4 is 5.73 Å². The van der Waals surface area contributed by atoms with Crippen molar-refractivity contribution in [2.75, 3.05) is 19.7 Å². The van der Waals surface area contributed by atoms with E-state index in [4.69, 9.17) is 10.8 Å². The highest BCUT2D eigenvalue weighted by Crippen LogP contribution is 2.22. The molecule has 84 valence electrons. The quantitative estimate of drug-likeness (QED) is 0.671. The first-order chi connectivity index (χ1) is 6.77. The van der Waals surface area contributed by atoms with Crippen LogP contribution in [0, 0.1) is 0 Å². The van der Waals surface area contributed by atoms with E-state index in [1.54, 1.807) is 0 Å². The normalized spacial score (nSPS) is 27.4. The Morgan fingerprint density at radius 1 is 1.36 bits per heavy atom. The number of unbranched alkanes of at least 4 members (excludes halogenated alkanes) is 1. The monoisotopic (exact) mass is 200 g/mol. The third-order valence-electron chi connectivity index (χ3n) is 3.15. The molecular weight excluding hydrogens is 176 g/mol. The minimum atomic E-state index is 0.273. The molecule has 1 rings (SSSR count). The third-order valence-corrected chi connectivity index (χ3v) is 3.15. The summed E-state index contributed by atoms with van der Waals surface area (Å²) in [5.74, 6) is 0. The Morgan fingerprint density at radius 3 is 2.64 bits per heavy atom. The van der Waals surface area contributed by atoms with Gasteiger partial charge in [0, 0.05) is 18.6 Å². The molecule has 0 heterocycles.